The van der Waals surface area contributed by atoms with Crippen LogP contribution in [0.5, 0.6) is 0 Å². The summed E-state index contributed by atoms with van der Waals surface area (Å²) in [5, 5.41) is 9.11. The van der Waals surface area contributed by atoms with E-state index >= 15 is 0 Å². The molecule has 1 aromatic rings. The van der Waals surface area contributed by atoms with E-state index in [2.05, 4.69) is 0 Å². The molecule has 0 amide bonds. The Morgan fingerprint density at radius 2 is 1.72 bits per heavy atom. The Kier molecular flexibility index (Phi) is 5.08. The number of benzene rings is 1. The molecule has 0 aromatic heterocycles. The summed E-state index contributed by atoms with van der Waals surface area (Å²) in [5.41, 5.74) is 1.68. The van der Waals surface area contributed by atoms with E-state index in [0.29, 0.717) is 12.0 Å². The zero-order chi connectivity index (χ0) is 13.7. The molecular formula is C15H20O3. The number of hydrogen-bond donors (Lipinski definition) is 1. The normalized spacial score (nSPS) is 12.4. The van der Waals surface area contributed by atoms with Gasteiger partial charge in [0.2, 0.25) is 0 Å². The van der Waals surface area contributed by atoms with E-state index < -0.39 is 11.9 Å². The Morgan fingerprint density at radius 3 is 2.17 bits per heavy atom. The molecule has 0 bridgehead atoms. The molecule has 3 heteroatoms. The summed E-state index contributed by atoms with van der Waals surface area (Å²) in [5.74, 6) is -1.29. The van der Waals surface area contributed by atoms with Gasteiger partial charge in [-0.25, -0.2) is 0 Å². The molecule has 98 valence electrons. The molecule has 0 spiro atoms. The average Bonchev–Trinajstić information content (AvgIpc) is 2.28. The van der Waals surface area contributed by atoms with Crippen molar-refractivity contribution in [1.29, 1.82) is 0 Å². The monoisotopic (exact) mass is 248 g/mol. The molecule has 1 atom stereocenters. The van der Waals surface area contributed by atoms with E-state index in [9.17, 15) is 9.59 Å². The minimum atomic E-state index is -0.885. The van der Waals surface area contributed by atoms with E-state index in [4.69, 9.17) is 5.11 Å². The third-order valence-electron chi connectivity index (χ3n) is 2.91. The molecule has 0 fully saturated rings. The summed E-state index contributed by atoms with van der Waals surface area (Å²) in [7, 11) is 0. The van der Waals surface area contributed by atoms with Crippen molar-refractivity contribution in [2.75, 3.05) is 0 Å². The Balaban J connectivity index is 2.72. The standard InChI is InChI=1S/C15H20O3/c1-10(2)8-13(15(17)18)9-14(16)12-6-4-11(3)5-7-12/h4-7,10,13H,8-9H2,1-3H3,(H,17,18). The molecule has 1 aromatic carbocycles. The van der Waals surface area contributed by atoms with E-state index in [0.717, 1.165) is 5.56 Å². The van der Waals surface area contributed by atoms with Gasteiger partial charge in [-0.2, -0.15) is 0 Å². The summed E-state index contributed by atoms with van der Waals surface area (Å²) in [6.07, 6.45) is 0.615. The van der Waals surface area contributed by atoms with Crippen LogP contribution in [0.4, 0.5) is 0 Å². The van der Waals surface area contributed by atoms with Crippen LogP contribution in [-0.4, -0.2) is 16.9 Å². The number of aryl methyl sites for hydroxylation is 1. The van der Waals surface area contributed by atoms with Crippen molar-refractivity contribution in [3.8, 4) is 0 Å². The van der Waals surface area contributed by atoms with Gasteiger partial charge in [-0.3, -0.25) is 9.59 Å². The second-order valence-corrected chi connectivity index (χ2v) is 5.16. The minimum absolute atomic E-state index is 0.0799. The average molecular weight is 248 g/mol. The summed E-state index contributed by atoms with van der Waals surface area (Å²) >= 11 is 0. The van der Waals surface area contributed by atoms with Crippen LogP contribution >= 0.6 is 0 Å². The molecule has 3 nitrogen and oxygen atoms in total. The van der Waals surface area contributed by atoms with E-state index in [-0.39, 0.29) is 18.1 Å². The molecule has 1 unspecified atom stereocenters. The lowest BCUT2D eigenvalue weighted by molar-refractivity contribution is -0.142. The fourth-order valence-corrected chi connectivity index (χ4v) is 1.92. The van der Waals surface area contributed by atoms with Crippen molar-refractivity contribution in [3.05, 3.63) is 35.4 Å². The van der Waals surface area contributed by atoms with E-state index in [1.807, 2.05) is 32.9 Å². The molecule has 0 heterocycles. The molecule has 0 aliphatic carbocycles. The molecule has 0 radical (unpaired) electrons. The number of carboxylic acid groups (broad SMARTS) is 1. The number of ketones is 1. The summed E-state index contributed by atoms with van der Waals surface area (Å²) in [6.45, 7) is 5.88. The quantitative estimate of drug-likeness (QED) is 0.786. The number of hydrogen-bond acceptors (Lipinski definition) is 2. The molecule has 1 rings (SSSR count). The lowest BCUT2D eigenvalue weighted by Gasteiger charge is -2.13. The lowest BCUT2D eigenvalue weighted by atomic mass is 9.90. The number of carboxylic acids is 1. The number of rotatable bonds is 6. The van der Waals surface area contributed by atoms with Crippen molar-refractivity contribution < 1.29 is 14.7 Å². The molecule has 18 heavy (non-hydrogen) atoms. The zero-order valence-electron chi connectivity index (χ0n) is 11.1. The maximum Gasteiger partial charge on any atom is 0.306 e. The second-order valence-electron chi connectivity index (χ2n) is 5.16. The molecule has 0 aliphatic heterocycles. The maximum absolute atomic E-state index is 12.0. The highest BCUT2D eigenvalue weighted by atomic mass is 16.4. The summed E-state index contributed by atoms with van der Waals surface area (Å²) < 4.78 is 0. The molecule has 0 saturated heterocycles. The highest BCUT2D eigenvalue weighted by molar-refractivity contribution is 5.97. The van der Waals surface area contributed by atoms with Crippen molar-refractivity contribution in [2.24, 2.45) is 11.8 Å². The summed E-state index contributed by atoms with van der Waals surface area (Å²) in [6, 6.07) is 7.24. The van der Waals surface area contributed by atoms with Gasteiger partial charge in [0.05, 0.1) is 5.92 Å². The van der Waals surface area contributed by atoms with Crippen molar-refractivity contribution >= 4 is 11.8 Å². The van der Waals surface area contributed by atoms with Crippen LogP contribution < -0.4 is 0 Å². The van der Waals surface area contributed by atoms with Crippen molar-refractivity contribution in [2.45, 2.75) is 33.6 Å². The predicted molar refractivity (Wildman–Crippen MR) is 70.7 cm³/mol. The third-order valence-corrected chi connectivity index (χ3v) is 2.91. The third kappa shape index (κ3) is 4.32. The van der Waals surface area contributed by atoms with Crippen LogP contribution in [0.3, 0.4) is 0 Å². The van der Waals surface area contributed by atoms with Gasteiger partial charge in [-0.1, -0.05) is 43.7 Å². The minimum Gasteiger partial charge on any atom is -0.481 e. The van der Waals surface area contributed by atoms with Gasteiger partial charge in [0, 0.05) is 12.0 Å². The lowest BCUT2D eigenvalue weighted by Crippen LogP contribution is -2.20. The van der Waals surface area contributed by atoms with E-state index in [1.165, 1.54) is 0 Å². The summed E-state index contributed by atoms with van der Waals surface area (Å²) in [4.78, 5) is 23.1. The fourth-order valence-electron chi connectivity index (χ4n) is 1.92. The molecule has 0 aliphatic rings. The Labute approximate surface area is 108 Å². The van der Waals surface area contributed by atoms with Gasteiger partial charge in [0.25, 0.3) is 0 Å². The van der Waals surface area contributed by atoms with Crippen molar-refractivity contribution in [3.63, 3.8) is 0 Å². The first-order valence-electron chi connectivity index (χ1n) is 6.22. The van der Waals surface area contributed by atoms with Gasteiger partial charge in [-0.15, -0.1) is 0 Å². The van der Waals surface area contributed by atoms with Crippen LogP contribution in [0.2, 0.25) is 0 Å². The van der Waals surface area contributed by atoms with Gasteiger partial charge < -0.3 is 5.11 Å². The molecular weight excluding hydrogens is 228 g/mol. The fraction of sp³-hybridized carbons (Fsp3) is 0.467. The molecule has 1 N–H and O–H groups in total. The highest BCUT2D eigenvalue weighted by Crippen LogP contribution is 2.18. The van der Waals surface area contributed by atoms with Gasteiger partial charge >= 0.3 is 5.97 Å². The Hall–Kier alpha value is -1.64. The smallest absolute Gasteiger partial charge is 0.306 e. The predicted octanol–water partition coefficient (Wildman–Crippen LogP) is 3.31. The second kappa shape index (κ2) is 6.34. The first-order chi connectivity index (χ1) is 8.40. The molecule has 0 saturated carbocycles. The van der Waals surface area contributed by atoms with Crippen LogP contribution in [0.25, 0.3) is 0 Å². The number of Topliss-reactive ketones (excluding diaryl/α,β-unsaturated/α-hetero) is 1. The highest BCUT2D eigenvalue weighted by Gasteiger charge is 2.22. The Bertz CT molecular complexity index is 418. The SMILES string of the molecule is Cc1ccc(C(=O)CC(CC(C)C)C(=O)O)cc1. The van der Waals surface area contributed by atoms with Crippen LogP contribution in [0, 0.1) is 18.8 Å². The van der Waals surface area contributed by atoms with Gasteiger partial charge in [0.15, 0.2) is 5.78 Å². The van der Waals surface area contributed by atoms with Crippen LogP contribution in [0.1, 0.15) is 42.6 Å². The van der Waals surface area contributed by atoms with Crippen LogP contribution in [0.15, 0.2) is 24.3 Å². The topological polar surface area (TPSA) is 54.4 Å². The van der Waals surface area contributed by atoms with Crippen LogP contribution in [-0.2, 0) is 4.79 Å². The first kappa shape index (κ1) is 14.4. The largest absolute Gasteiger partial charge is 0.481 e. The maximum atomic E-state index is 12.0. The van der Waals surface area contributed by atoms with Gasteiger partial charge in [0.1, 0.15) is 0 Å². The Morgan fingerprint density at radius 1 is 1.17 bits per heavy atom. The van der Waals surface area contributed by atoms with Crippen molar-refractivity contribution in [1.82, 2.24) is 0 Å². The first-order valence-corrected chi connectivity index (χ1v) is 6.22. The van der Waals surface area contributed by atoms with E-state index in [1.54, 1.807) is 12.1 Å². The van der Waals surface area contributed by atoms with Gasteiger partial charge in [-0.05, 0) is 19.3 Å². The zero-order valence-corrected chi connectivity index (χ0v) is 11.1. The number of aliphatic carboxylic acids is 1. The number of carbonyl (C=O) groups is 2. The number of carbonyl (C=O) groups excluding carboxylic acids is 1.